The number of likely N-dealkylation sites (N-methyl/N-ethyl adjacent to an activating group) is 1. The molecule has 104 valence electrons. The highest BCUT2D eigenvalue weighted by Gasteiger charge is 2.31. The van der Waals surface area contributed by atoms with Crippen molar-refractivity contribution in [3.05, 3.63) is 40.2 Å². The molecular formula is C15H17N3O2. The minimum absolute atomic E-state index is 0.00468. The molecule has 0 saturated carbocycles. The van der Waals surface area contributed by atoms with E-state index in [4.69, 9.17) is 5.73 Å². The maximum absolute atomic E-state index is 12.8. The number of anilines is 1. The molecule has 2 heterocycles. The average molecular weight is 271 g/mol. The van der Waals surface area contributed by atoms with E-state index in [-0.39, 0.29) is 23.2 Å². The Labute approximate surface area is 116 Å². The fourth-order valence-corrected chi connectivity index (χ4v) is 2.97. The van der Waals surface area contributed by atoms with Crippen molar-refractivity contribution in [1.82, 2.24) is 9.88 Å². The van der Waals surface area contributed by atoms with Crippen molar-refractivity contribution in [2.45, 2.75) is 18.9 Å². The summed E-state index contributed by atoms with van der Waals surface area (Å²) in [5, 5.41) is 1.14. The number of H-pyrrole nitrogens is 1. The minimum Gasteiger partial charge on any atom is -0.385 e. The van der Waals surface area contributed by atoms with Crippen molar-refractivity contribution in [2.24, 2.45) is 0 Å². The summed E-state index contributed by atoms with van der Waals surface area (Å²) in [7, 11) is 1.94. The van der Waals surface area contributed by atoms with Gasteiger partial charge in [-0.05, 0) is 32.5 Å². The van der Waals surface area contributed by atoms with Crippen molar-refractivity contribution in [2.75, 3.05) is 19.3 Å². The third kappa shape index (κ3) is 1.91. The Balaban J connectivity index is 2.21. The lowest BCUT2D eigenvalue weighted by molar-refractivity contribution is 0.0893. The molecule has 5 heteroatoms. The van der Waals surface area contributed by atoms with E-state index in [1.165, 1.54) is 0 Å². The van der Waals surface area contributed by atoms with E-state index in [1.54, 1.807) is 18.2 Å². The highest BCUT2D eigenvalue weighted by molar-refractivity contribution is 6.13. The molecule has 3 rings (SSSR count). The van der Waals surface area contributed by atoms with Gasteiger partial charge in [0, 0.05) is 10.8 Å². The maximum Gasteiger partial charge on any atom is 0.257 e. The molecule has 20 heavy (non-hydrogen) atoms. The third-order valence-corrected chi connectivity index (χ3v) is 4.03. The zero-order valence-corrected chi connectivity index (χ0v) is 11.3. The number of aromatic amines is 1. The number of rotatable bonds is 2. The van der Waals surface area contributed by atoms with Crippen LogP contribution >= 0.6 is 0 Å². The molecule has 1 aliphatic heterocycles. The molecule has 0 radical (unpaired) electrons. The van der Waals surface area contributed by atoms with Gasteiger partial charge >= 0.3 is 0 Å². The van der Waals surface area contributed by atoms with Crippen LogP contribution in [-0.4, -0.2) is 35.3 Å². The van der Waals surface area contributed by atoms with E-state index in [2.05, 4.69) is 4.98 Å². The monoisotopic (exact) mass is 271 g/mol. The molecule has 1 aliphatic rings. The molecule has 0 aliphatic carbocycles. The van der Waals surface area contributed by atoms with Crippen molar-refractivity contribution >= 4 is 22.4 Å². The third-order valence-electron chi connectivity index (χ3n) is 4.03. The van der Waals surface area contributed by atoms with E-state index < -0.39 is 0 Å². The lowest BCUT2D eigenvalue weighted by Crippen LogP contribution is -2.34. The molecule has 0 amide bonds. The minimum atomic E-state index is -0.255. The molecule has 2 aromatic rings. The highest BCUT2D eigenvalue weighted by atomic mass is 16.1. The second-order valence-corrected chi connectivity index (χ2v) is 5.29. The number of hydrogen-bond donors (Lipinski definition) is 2. The number of nitrogens with zero attached hydrogens (tertiary/aromatic N) is 1. The molecular weight excluding hydrogens is 254 g/mol. The average Bonchev–Trinajstić information content (AvgIpc) is 2.85. The van der Waals surface area contributed by atoms with E-state index >= 15 is 0 Å². The van der Waals surface area contributed by atoms with Crippen LogP contribution < -0.4 is 11.3 Å². The fraction of sp³-hybridized carbons (Fsp3) is 0.333. The van der Waals surface area contributed by atoms with E-state index in [1.807, 2.05) is 18.0 Å². The molecule has 1 fully saturated rings. The number of hydrogen-bond acceptors (Lipinski definition) is 4. The first-order valence-corrected chi connectivity index (χ1v) is 6.74. The summed E-state index contributed by atoms with van der Waals surface area (Å²) in [5.74, 6) is 0.161. The molecule has 0 spiro atoms. The van der Waals surface area contributed by atoms with Gasteiger partial charge in [0.05, 0.1) is 11.6 Å². The van der Waals surface area contributed by atoms with Gasteiger partial charge in [-0.2, -0.15) is 0 Å². The van der Waals surface area contributed by atoms with Crippen molar-refractivity contribution in [3.8, 4) is 0 Å². The van der Waals surface area contributed by atoms with Gasteiger partial charge in [-0.3, -0.25) is 14.5 Å². The standard InChI is InChI=1S/C15H17N3O2/c1-18-8-4-7-11(18)13(19)12-9-5-2-3-6-10(9)15(20)17-14(12)16/h2-3,5-6,11H,4,7-8H2,1H3,(H3,16,17,20). The van der Waals surface area contributed by atoms with E-state index in [9.17, 15) is 9.59 Å². The Morgan fingerprint density at radius 2 is 2.05 bits per heavy atom. The summed E-state index contributed by atoms with van der Waals surface area (Å²) in [6.07, 6.45) is 1.84. The number of ketones is 1. The summed E-state index contributed by atoms with van der Waals surface area (Å²) in [4.78, 5) is 29.3. The topological polar surface area (TPSA) is 79.2 Å². The second kappa shape index (κ2) is 4.76. The highest BCUT2D eigenvalue weighted by Crippen LogP contribution is 2.26. The van der Waals surface area contributed by atoms with Crippen LogP contribution in [-0.2, 0) is 0 Å². The number of nitrogens with two attached hydrogens (primary N) is 1. The van der Waals surface area contributed by atoms with Crippen molar-refractivity contribution in [3.63, 3.8) is 0 Å². The predicted octanol–water partition coefficient (Wildman–Crippen LogP) is 1.39. The smallest absolute Gasteiger partial charge is 0.257 e. The summed E-state index contributed by atoms with van der Waals surface area (Å²) in [5.41, 5.74) is 6.09. The Morgan fingerprint density at radius 3 is 2.70 bits per heavy atom. The molecule has 1 unspecified atom stereocenters. The predicted molar refractivity (Wildman–Crippen MR) is 79.0 cm³/mol. The molecule has 1 aromatic heterocycles. The zero-order chi connectivity index (χ0) is 14.3. The molecule has 1 atom stereocenters. The number of Topliss-reactive ketones (excluding diaryl/α,β-unsaturated/α-hetero) is 1. The Morgan fingerprint density at radius 1 is 1.35 bits per heavy atom. The van der Waals surface area contributed by atoms with Gasteiger partial charge in [0.1, 0.15) is 5.82 Å². The first kappa shape index (κ1) is 12.9. The molecule has 1 aromatic carbocycles. The Kier molecular flexibility index (Phi) is 3.06. The lowest BCUT2D eigenvalue weighted by Gasteiger charge is -2.19. The first-order chi connectivity index (χ1) is 9.59. The largest absolute Gasteiger partial charge is 0.385 e. The number of carbonyl (C=O) groups is 1. The summed E-state index contributed by atoms with van der Waals surface area (Å²) < 4.78 is 0. The van der Waals surface area contributed by atoms with Gasteiger partial charge in [0.15, 0.2) is 5.78 Å². The summed E-state index contributed by atoms with van der Waals surface area (Å²) in [6.45, 7) is 0.914. The second-order valence-electron chi connectivity index (χ2n) is 5.29. The number of aromatic nitrogens is 1. The van der Waals surface area contributed by atoms with Crippen LogP contribution in [0.2, 0.25) is 0 Å². The Bertz CT molecular complexity index is 735. The van der Waals surface area contributed by atoms with E-state index in [0.717, 1.165) is 19.4 Å². The molecule has 3 N–H and O–H groups in total. The van der Waals surface area contributed by atoms with Gasteiger partial charge in [-0.15, -0.1) is 0 Å². The van der Waals surface area contributed by atoms with Crippen LogP contribution in [0.3, 0.4) is 0 Å². The zero-order valence-electron chi connectivity index (χ0n) is 11.3. The number of nitrogen functional groups attached to an aromatic ring is 1. The van der Waals surface area contributed by atoms with Crippen LogP contribution in [0, 0.1) is 0 Å². The van der Waals surface area contributed by atoms with Gasteiger partial charge < -0.3 is 10.7 Å². The van der Waals surface area contributed by atoms with Gasteiger partial charge in [0.25, 0.3) is 5.56 Å². The van der Waals surface area contributed by atoms with Gasteiger partial charge in [0.2, 0.25) is 0 Å². The molecule has 1 saturated heterocycles. The number of nitrogens with one attached hydrogen (secondary N) is 1. The number of likely N-dealkylation sites (tertiary alicyclic amines) is 1. The summed E-state index contributed by atoms with van der Waals surface area (Å²) >= 11 is 0. The van der Waals surface area contributed by atoms with Crippen molar-refractivity contribution in [1.29, 1.82) is 0 Å². The Hall–Kier alpha value is -2.14. The van der Waals surface area contributed by atoms with Crippen LogP contribution in [0.5, 0.6) is 0 Å². The van der Waals surface area contributed by atoms with E-state index in [0.29, 0.717) is 16.3 Å². The van der Waals surface area contributed by atoms with Crippen LogP contribution in [0.4, 0.5) is 5.82 Å². The fourth-order valence-electron chi connectivity index (χ4n) is 2.97. The first-order valence-electron chi connectivity index (χ1n) is 6.74. The number of fused-ring (bicyclic) bond motifs is 1. The number of carbonyl (C=O) groups excluding carboxylic acids is 1. The summed E-state index contributed by atoms with van der Waals surface area (Å²) in [6, 6.07) is 6.94. The molecule has 0 bridgehead atoms. The number of pyridine rings is 1. The lowest BCUT2D eigenvalue weighted by atomic mass is 9.97. The van der Waals surface area contributed by atoms with Crippen LogP contribution in [0.25, 0.3) is 10.8 Å². The van der Waals surface area contributed by atoms with Gasteiger partial charge in [-0.1, -0.05) is 18.2 Å². The van der Waals surface area contributed by atoms with Crippen LogP contribution in [0.1, 0.15) is 23.2 Å². The number of benzene rings is 1. The van der Waals surface area contributed by atoms with Crippen molar-refractivity contribution < 1.29 is 4.79 Å². The van der Waals surface area contributed by atoms with Gasteiger partial charge in [-0.25, -0.2) is 0 Å². The quantitative estimate of drug-likeness (QED) is 0.809. The normalized spacial score (nSPS) is 19.6. The van der Waals surface area contributed by atoms with Crippen LogP contribution in [0.15, 0.2) is 29.1 Å². The maximum atomic E-state index is 12.8. The SMILES string of the molecule is CN1CCCC1C(=O)c1c(N)[nH]c(=O)c2ccccc12. The molecule has 5 nitrogen and oxygen atoms in total.